The standard InChI is InChI=1S/C25H19Br/c26-25-14-12-22(13-15-25)24(16-19-6-2-1-3-7-19)18-20-10-11-21-8-4-5-9-23(21)17-20/h1-15,17-18H,16H2/b24-18-. The highest BCUT2D eigenvalue weighted by atomic mass is 79.9. The molecule has 0 bridgehead atoms. The molecule has 4 aromatic rings. The van der Waals surface area contributed by atoms with Crippen LogP contribution in [-0.2, 0) is 6.42 Å². The molecule has 0 aliphatic heterocycles. The van der Waals surface area contributed by atoms with Crippen molar-refractivity contribution in [2.45, 2.75) is 6.42 Å². The molecule has 4 rings (SSSR count). The van der Waals surface area contributed by atoms with Crippen molar-refractivity contribution >= 4 is 38.4 Å². The average molecular weight is 399 g/mol. The van der Waals surface area contributed by atoms with E-state index in [4.69, 9.17) is 0 Å². The number of rotatable bonds is 4. The van der Waals surface area contributed by atoms with Crippen LogP contribution in [0, 0.1) is 0 Å². The molecule has 0 nitrogen and oxygen atoms in total. The fraction of sp³-hybridized carbons (Fsp3) is 0.0400. The summed E-state index contributed by atoms with van der Waals surface area (Å²) >= 11 is 3.54. The Morgan fingerprint density at radius 1 is 0.692 bits per heavy atom. The second-order valence-corrected chi connectivity index (χ2v) is 7.36. The van der Waals surface area contributed by atoms with E-state index in [2.05, 4.69) is 119 Å². The highest BCUT2D eigenvalue weighted by molar-refractivity contribution is 9.10. The van der Waals surface area contributed by atoms with Crippen LogP contribution in [0.15, 0.2) is 102 Å². The molecule has 0 fully saturated rings. The molecule has 0 saturated heterocycles. The lowest BCUT2D eigenvalue weighted by atomic mass is 9.95. The Morgan fingerprint density at radius 3 is 2.15 bits per heavy atom. The van der Waals surface area contributed by atoms with E-state index in [1.54, 1.807) is 0 Å². The molecule has 0 amide bonds. The van der Waals surface area contributed by atoms with Crippen LogP contribution in [0.5, 0.6) is 0 Å². The van der Waals surface area contributed by atoms with Crippen molar-refractivity contribution < 1.29 is 0 Å². The second-order valence-electron chi connectivity index (χ2n) is 6.45. The normalized spacial score (nSPS) is 11.7. The van der Waals surface area contributed by atoms with Gasteiger partial charge in [-0.3, -0.25) is 0 Å². The Labute approximate surface area is 163 Å². The number of hydrogen-bond donors (Lipinski definition) is 0. The van der Waals surface area contributed by atoms with Gasteiger partial charge >= 0.3 is 0 Å². The first kappa shape index (κ1) is 16.8. The summed E-state index contributed by atoms with van der Waals surface area (Å²) in [6, 6.07) is 34.4. The average Bonchev–Trinajstić information content (AvgIpc) is 2.69. The number of benzene rings is 4. The Balaban J connectivity index is 1.77. The van der Waals surface area contributed by atoms with E-state index in [9.17, 15) is 0 Å². The summed E-state index contributed by atoms with van der Waals surface area (Å²) in [4.78, 5) is 0. The zero-order valence-corrected chi connectivity index (χ0v) is 16.0. The quantitative estimate of drug-likeness (QED) is 0.314. The largest absolute Gasteiger partial charge is 0.0622 e. The Bertz CT molecular complexity index is 1040. The predicted octanol–water partition coefficient (Wildman–Crippen LogP) is 7.39. The molecule has 0 unspecified atom stereocenters. The first-order valence-electron chi connectivity index (χ1n) is 8.77. The molecule has 0 saturated carbocycles. The zero-order chi connectivity index (χ0) is 17.8. The molecule has 0 aliphatic rings. The molecule has 0 aliphatic carbocycles. The fourth-order valence-electron chi connectivity index (χ4n) is 3.21. The van der Waals surface area contributed by atoms with E-state index < -0.39 is 0 Å². The van der Waals surface area contributed by atoms with E-state index in [0.29, 0.717) is 0 Å². The SMILES string of the molecule is Brc1ccc(/C(=C\c2ccc3ccccc3c2)Cc2ccccc2)cc1. The zero-order valence-electron chi connectivity index (χ0n) is 14.4. The summed E-state index contributed by atoms with van der Waals surface area (Å²) in [7, 11) is 0. The molecule has 26 heavy (non-hydrogen) atoms. The van der Waals surface area contributed by atoms with Crippen LogP contribution in [0.1, 0.15) is 16.7 Å². The van der Waals surface area contributed by atoms with Gasteiger partial charge in [0.25, 0.3) is 0 Å². The van der Waals surface area contributed by atoms with Gasteiger partial charge in [0.05, 0.1) is 0 Å². The molecular formula is C25H19Br. The van der Waals surface area contributed by atoms with Crippen LogP contribution in [0.25, 0.3) is 22.4 Å². The minimum atomic E-state index is 0.912. The van der Waals surface area contributed by atoms with Gasteiger partial charge in [0, 0.05) is 4.47 Å². The summed E-state index contributed by atoms with van der Waals surface area (Å²) in [5, 5.41) is 2.55. The Kier molecular flexibility index (Phi) is 4.99. The number of halogens is 1. The molecule has 4 aromatic carbocycles. The van der Waals surface area contributed by atoms with Gasteiger partial charge in [-0.25, -0.2) is 0 Å². The maximum Gasteiger partial charge on any atom is 0.0175 e. The topological polar surface area (TPSA) is 0 Å². The molecule has 0 atom stereocenters. The van der Waals surface area contributed by atoms with Crippen molar-refractivity contribution in [3.8, 4) is 0 Å². The summed E-state index contributed by atoms with van der Waals surface area (Å²) in [5.41, 5.74) is 5.13. The first-order valence-corrected chi connectivity index (χ1v) is 9.56. The minimum absolute atomic E-state index is 0.912. The van der Waals surface area contributed by atoms with Crippen LogP contribution in [0.4, 0.5) is 0 Å². The summed E-state index contributed by atoms with van der Waals surface area (Å²) in [5.74, 6) is 0. The molecule has 0 radical (unpaired) electrons. The van der Waals surface area contributed by atoms with Gasteiger partial charge in [-0.15, -0.1) is 0 Å². The lowest BCUT2D eigenvalue weighted by Gasteiger charge is -2.10. The number of fused-ring (bicyclic) bond motifs is 1. The van der Waals surface area contributed by atoms with Crippen LogP contribution in [0.2, 0.25) is 0 Å². The summed E-state index contributed by atoms with van der Waals surface area (Å²) in [6.45, 7) is 0. The van der Waals surface area contributed by atoms with E-state index in [-0.39, 0.29) is 0 Å². The lowest BCUT2D eigenvalue weighted by molar-refractivity contribution is 1.29. The highest BCUT2D eigenvalue weighted by Gasteiger charge is 2.05. The van der Waals surface area contributed by atoms with Crippen LogP contribution >= 0.6 is 15.9 Å². The third-order valence-electron chi connectivity index (χ3n) is 4.57. The van der Waals surface area contributed by atoms with Crippen LogP contribution in [0.3, 0.4) is 0 Å². The van der Waals surface area contributed by atoms with Gasteiger partial charge in [-0.2, -0.15) is 0 Å². The van der Waals surface area contributed by atoms with Gasteiger partial charge in [0.15, 0.2) is 0 Å². The second kappa shape index (κ2) is 7.72. The molecule has 0 N–H and O–H groups in total. The summed E-state index contributed by atoms with van der Waals surface area (Å²) < 4.78 is 1.10. The molecule has 0 heterocycles. The maximum atomic E-state index is 3.54. The molecular weight excluding hydrogens is 380 g/mol. The molecule has 126 valence electrons. The van der Waals surface area contributed by atoms with Gasteiger partial charge < -0.3 is 0 Å². The van der Waals surface area contributed by atoms with E-state index >= 15 is 0 Å². The minimum Gasteiger partial charge on any atom is -0.0622 e. The van der Waals surface area contributed by atoms with Crippen LogP contribution < -0.4 is 0 Å². The lowest BCUT2D eigenvalue weighted by Crippen LogP contribution is -1.91. The van der Waals surface area contributed by atoms with Crippen molar-refractivity contribution in [2.24, 2.45) is 0 Å². The van der Waals surface area contributed by atoms with E-state index in [0.717, 1.165) is 10.9 Å². The molecule has 0 aromatic heterocycles. The van der Waals surface area contributed by atoms with Crippen molar-refractivity contribution in [2.75, 3.05) is 0 Å². The van der Waals surface area contributed by atoms with Crippen LogP contribution in [-0.4, -0.2) is 0 Å². The summed E-state index contributed by atoms with van der Waals surface area (Å²) in [6.07, 6.45) is 3.22. The van der Waals surface area contributed by atoms with E-state index in [1.165, 1.54) is 33.0 Å². The molecule has 0 spiro atoms. The van der Waals surface area contributed by atoms with Gasteiger partial charge in [-0.1, -0.05) is 101 Å². The maximum absolute atomic E-state index is 3.54. The van der Waals surface area contributed by atoms with Gasteiger partial charge in [0.2, 0.25) is 0 Å². The Morgan fingerprint density at radius 2 is 1.38 bits per heavy atom. The smallest absolute Gasteiger partial charge is 0.0175 e. The van der Waals surface area contributed by atoms with Gasteiger partial charge in [0.1, 0.15) is 0 Å². The van der Waals surface area contributed by atoms with Crippen molar-refractivity contribution in [1.29, 1.82) is 0 Å². The van der Waals surface area contributed by atoms with Gasteiger partial charge in [-0.05, 0) is 57.7 Å². The first-order chi connectivity index (χ1) is 12.8. The Hall–Kier alpha value is -2.64. The third kappa shape index (κ3) is 3.95. The monoisotopic (exact) mass is 398 g/mol. The van der Waals surface area contributed by atoms with Crippen molar-refractivity contribution in [1.82, 2.24) is 0 Å². The third-order valence-corrected chi connectivity index (χ3v) is 5.10. The number of allylic oxidation sites excluding steroid dienone is 1. The van der Waals surface area contributed by atoms with Crippen molar-refractivity contribution in [3.63, 3.8) is 0 Å². The highest BCUT2D eigenvalue weighted by Crippen LogP contribution is 2.26. The van der Waals surface area contributed by atoms with Crippen molar-refractivity contribution in [3.05, 3.63) is 118 Å². The molecule has 1 heteroatoms. The fourth-order valence-corrected chi connectivity index (χ4v) is 3.48. The number of hydrogen-bond acceptors (Lipinski definition) is 0. The van der Waals surface area contributed by atoms with E-state index in [1.807, 2.05) is 0 Å². The predicted molar refractivity (Wildman–Crippen MR) is 116 cm³/mol.